The van der Waals surface area contributed by atoms with Gasteiger partial charge in [0.2, 0.25) is 0 Å². The van der Waals surface area contributed by atoms with Gasteiger partial charge in [-0.1, -0.05) is 306 Å². The van der Waals surface area contributed by atoms with Gasteiger partial charge in [-0.05, 0) is 161 Å². The fraction of sp³-hybridized carbons (Fsp3) is 0.652. The van der Waals surface area contributed by atoms with E-state index >= 15 is 0 Å². The topological polar surface area (TPSA) is 231 Å². The first-order valence-electron chi connectivity index (χ1n) is 41.4. The molecule has 0 aliphatic heterocycles. The van der Waals surface area contributed by atoms with Crippen LogP contribution < -0.4 is 0 Å². The summed E-state index contributed by atoms with van der Waals surface area (Å²) < 4.78 is 61.2. The molecule has 610 valence electrons. The summed E-state index contributed by atoms with van der Waals surface area (Å²) in [5, 5.41) is 20.7. The Bertz CT molecular complexity index is 2620. The Morgan fingerprint density at radius 1 is 0.271 bits per heavy atom. The number of unbranched alkanes of at least 4 members (excludes halogenated alkanes) is 26. The monoisotopic (exact) mass is 1540 g/mol. The van der Waals surface area contributed by atoms with Crippen LogP contribution in [0.15, 0.2) is 170 Å². The van der Waals surface area contributed by atoms with E-state index in [-0.39, 0.29) is 19.3 Å². The first-order valence-corrected chi connectivity index (χ1v) is 44.4. The molecular formula is C89H148O16P2. The zero-order valence-corrected chi connectivity index (χ0v) is 68.5. The number of esters is 3. The van der Waals surface area contributed by atoms with Gasteiger partial charge in [-0.25, -0.2) is 9.13 Å². The van der Waals surface area contributed by atoms with Crippen molar-refractivity contribution in [2.45, 2.75) is 334 Å². The Morgan fingerprint density at radius 2 is 0.495 bits per heavy atom. The van der Waals surface area contributed by atoms with Gasteiger partial charge in [0, 0.05) is 19.3 Å². The number of ether oxygens (including phenoxy) is 3. The zero-order valence-electron chi connectivity index (χ0n) is 66.7. The second-order valence-corrected chi connectivity index (χ2v) is 30.1. The number of hydrogen-bond acceptors (Lipinski definition) is 14. The van der Waals surface area contributed by atoms with Gasteiger partial charge in [0.25, 0.3) is 0 Å². The molecule has 5 unspecified atom stereocenters. The van der Waals surface area contributed by atoms with E-state index in [2.05, 4.69) is 191 Å². The molecule has 0 saturated carbocycles. The number of phosphoric ester groups is 2. The second kappa shape index (κ2) is 80.4. The van der Waals surface area contributed by atoms with Gasteiger partial charge in [0.1, 0.15) is 25.4 Å². The number of rotatable bonds is 77. The van der Waals surface area contributed by atoms with E-state index in [0.29, 0.717) is 19.3 Å². The third kappa shape index (κ3) is 81.7. The average Bonchev–Trinajstić information content (AvgIpc) is 0.907. The summed E-state index contributed by atoms with van der Waals surface area (Å²) in [6.07, 6.45) is 102. The highest BCUT2D eigenvalue weighted by Gasteiger charge is 2.29. The van der Waals surface area contributed by atoms with Crippen LogP contribution in [0.2, 0.25) is 0 Å². The van der Waals surface area contributed by atoms with Gasteiger partial charge in [0.05, 0.1) is 26.4 Å². The molecule has 0 saturated heterocycles. The lowest BCUT2D eigenvalue weighted by Crippen LogP contribution is -2.30. The normalized spacial score (nSPS) is 14.8. The lowest BCUT2D eigenvalue weighted by Gasteiger charge is -2.21. The molecule has 0 fully saturated rings. The minimum Gasteiger partial charge on any atom is -0.463 e. The summed E-state index contributed by atoms with van der Waals surface area (Å²) in [6, 6.07) is 0. The molecule has 0 aromatic carbocycles. The molecule has 107 heavy (non-hydrogen) atoms. The SMILES string of the molecule is CC/C=C\C/C=C\C/C=C\C/C=C\C/C=C\C/C=C\CCCCCCCCCCCCC(=O)OCC(O)COP(=O)(O)OCC(O)COP(=O)(O)OCC(COC(=O)CCCCCCC/C=C\C/C=C\C/C=C\C/C=C\CCCCC)OC(=O)CCCCCCC/C=C\C/C=C\C/C=C\C/C=C\CCCCC. The molecule has 0 spiro atoms. The summed E-state index contributed by atoms with van der Waals surface area (Å²) in [6.45, 7) is 2.46. The third-order valence-electron chi connectivity index (χ3n) is 16.9. The number of aliphatic hydroxyl groups is 2. The fourth-order valence-corrected chi connectivity index (χ4v) is 12.2. The van der Waals surface area contributed by atoms with Crippen LogP contribution in [-0.2, 0) is 55.8 Å². The summed E-state index contributed by atoms with van der Waals surface area (Å²) in [4.78, 5) is 58.8. The number of allylic oxidation sites excluding steroid dienone is 28. The molecule has 0 aliphatic carbocycles. The lowest BCUT2D eigenvalue weighted by atomic mass is 10.1. The molecule has 4 N–H and O–H groups in total. The first-order chi connectivity index (χ1) is 52.2. The highest BCUT2D eigenvalue weighted by molar-refractivity contribution is 7.47. The summed E-state index contributed by atoms with van der Waals surface area (Å²) in [5.41, 5.74) is 0. The molecule has 0 rings (SSSR count). The van der Waals surface area contributed by atoms with E-state index < -0.39 is 91.5 Å². The van der Waals surface area contributed by atoms with Gasteiger partial charge in [0.15, 0.2) is 6.10 Å². The highest BCUT2D eigenvalue weighted by Crippen LogP contribution is 2.45. The smallest absolute Gasteiger partial charge is 0.463 e. The van der Waals surface area contributed by atoms with Gasteiger partial charge < -0.3 is 34.2 Å². The van der Waals surface area contributed by atoms with Crippen molar-refractivity contribution in [3.63, 3.8) is 0 Å². The van der Waals surface area contributed by atoms with E-state index in [1.54, 1.807) is 0 Å². The van der Waals surface area contributed by atoms with Gasteiger partial charge in [-0.3, -0.25) is 32.5 Å². The minimum atomic E-state index is -4.95. The maximum absolute atomic E-state index is 13.0. The number of aliphatic hydroxyl groups excluding tert-OH is 2. The van der Waals surface area contributed by atoms with E-state index in [0.717, 1.165) is 180 Å². The Hall–Kier alpha value is -5.09. The molecule has 0 heterocycles. The number of hydrogen-bond donors (Lipinski definition) is 4. The van der Waals surface area contributed by atoms with Gasteiger partial charge in [-0.15, -0.1) is 0 Å². The largest absolute Gasteiger partial charge is 0.472 e. The zero-order chi connectivity index (χ0) is 78.0. The lowest BCUT2D eigenvalue weighted by molar-refractivity contribution is -0.161. The van der Waals surface area contributed by atoms with E-state index in [9.17, 15) is 43.5 Å². The predicted octanol–water partition coefficient (Wildman–Crippen LogP) is 24.8. The standard InChI is InChI=1S/C89H148O16P2/c1-4-7-10-13-16-19-22-25-28-31-34-37-38-39-40-41-42-43-44-47-49-51-54-57-60-63-66-69-72-75-87(92)99-78-84(90)79-101-106(95,96)102-80-85(91)81-103-107(97,98)104-83-86(105-89(94)77-74-71-68-65-62-59-56-53-50-46-36-33-30-27-24-21-18-15-12-9-6-3)82-100-88(93)76-73-70-67-64-61-58-55-52-48-45-35-32-29-26-23-20-17-14-11-8-5-2/h7,10,16-21,25-30,34-37,39-40,42-43,45-46,52-53,55-56,84-86,90-91H,4-6,8-9,11-15,22-24,31-33,38,41,44,47-51,54,57-83H2,1-3H3,(H,95,96)(H,97,98)/b10-7-,19-16-,20-17-,21-18-,28-25-,29-26-,30-27-,37-34-,40-39-,43-42-,45-35-,46-36-,55-52-,56-53-. The van der Waals surface area contributed by atoms with E-state index in [1.165, 1.54) is 77.0 Å². The van der Waals surface area contributed by atoms with E-state index in [1.807, 2.05) is 0 Å². The number of phosphoric acid groups is 2. The molecular weight excluding hydrogens is 1390 g/mol. The van der Waals surface area contributed by atoms with Crippen LogP contribution in [0.4, 0.5) is 0 Å². The van der Waals surface area contributed by atoms with Crippen LogP contribution in [0.25, 0.3) is 0 Å². The van der Waals surface area contributed by atoms with Crippen LogP contribution in [0.3, 0.4) is 0 Å². The van der Waals surface area contributed by atoms with Crippen molar-refractivity contribution in [2.75, 3.05) is 39.6 Å². The van der Waals surface area contributed by atoms with E-state index in [4.69, 9.17) is 32.3 Å². The third-order valence-corrected chi connectivity index (χ3v) is 18.8. The maximum atomic E-state index is 13.0. The Balaban J connectivity index is 4.67. The summed E-state index contributed by atoms with van der Waals surface area (Å²) >= 11 is 0. The van der Waals surface area contributed by atoms with Crippen LogP contribution >= 0.6 is 15.6 Å². The van der Waals surface area contributed by atoms with Crippen molar-refractivity contribution >= 4 is 33.6 Å². The molecule has 0 aromatic rings. The molecule has 18 heteroatoms. The van der Waals surface area contributed by atoms with Crippen molar-refractivity contribution in [2.24, 2.45) is 0 Å². The number of carbonyl (C=O) groups is 3. The van der Waals surface area contributed by atoms with Crippen molar-refractivity contribution < 1.29 is 75.8 Å². The molecule has 0 amide bonds. The van der Waals surface area contributed by atoms with Crippen molar-refractivity contribution in [3.8, 4) is 0 Å². The summed E-state index contributed by atoms with van der Waals surface area (Å²) in [5.74, 6) is -1.63. The molecule has 5 atom stereocenters. The Kier molecular flexibility index (Phi) is 76.6. The Morgan fingerprint density at radius 3 is 0.785 bits per heavy atom. The fourth-order valence-electron chi connectivity index (χ4n) is 10.6. The van der Waals surface area contributed by atoms with Crippen LogP contribution in [0.1, 0.15) is 316 Å². The van der Waals surface area contributed by atoms with Crippen LogP contribution in [0, 0.1) is 0 Å². The van der Waals surface area contributed by atoms with Gasteiger partial charge in [-0.2, -0.15) is 0 Å². The summed E-state index contributed by atoms with van der Waals surface area (Å²) in [7, 11) is -9.82. The van der Waals surface area contributed by atoms with Gasteiger partial charge >= 0.3 is 33.6 Å². The van der Waals surface area contributed by atoms with Crippen LogP contribution in [0.5, 0.6) is 0 Å². The Labute approximate surface area is 650 Å². The predicted molar refractivity (Wildman–Crippen MR) is 445 cm³/mol. The first kappa shape index (κ1) is 102. The maximum Gasteiger partial charge on any atom is 0.472 e. The molecule has 0 aromatic heterocycles. The second-order valence-electron chi connectivity index (χ2n) is 27.2. The minimum absolute atomic E-state index is 0.0736. The van der Waals surface area contributed by atoms with Crippen molar-refractivity contribution in [1.82, 2.24) is 0 Å². The molecule has 0 radical (unpaired) electrons. The average molecular weight is 1540 g/mol. The molecule has 16 nitrogen and oxygen atoms in total. The van der Waals surface area contributed by atoms with Crippen LogP contribution in [-0.4, -0.2) is 95.9 Å². The van der Waals surface area contributed by atoms with Crippen molar-refractivity contribution in [3.05, 3.63) is 170 Å². The molecule has 0 bridgehead atoms. The number of carbonyl (C=O) groups excluding carboxylic acids is 3. The quantitative estimate of drug-likeness (QED) is 0.0146. The molecule has 0 aliphatic rings. The highest BCUT2D eigenvalue weighted by atomic mass is 31.2. The van der Waals surface area contributed by atoms with Crippen molar-refractivity contribution in [1.29, 1.82) is 0 Å².